The molecule has 1 aliphatic heterocycles. The first-order chi connectivity index (χ1) is 9.11. The molecule has 1 aromatic carbocycles. The minimum Gasteiger partial charge on any atom is -0.325 e. The Kier molecular flexibility index (Phi) is 4.20. The summed E-state index contributed by atoms with van der Waals surface area (Å²) in [6.45, 7) is 4.61. The lowest BCUT2D eigenvalue weighted by Gasteiger charge is -2.17. The molecule has 0 aliphatic carbocycles. The fourth-order valence-corrected chi connectivity index (χ4v) is 2.18. The van der Waals surface area contributed by atoms with E-state index < -0.39 is 6.04 Å². The molecule has 0 saturated carbocycles. The fraction of sp³-hybridized carbons (Fsp3) is 0.467. The van der Waals surface area contributed by atoms with Crippen molar-refractivity contribution < 1.29 is 9.59 Å². The number of rotatable bonds is 5. The first-order valence-corrected chi connectivity index (χ1v) is 6.77. The van der Waals surface area contributed by atoms with Gasteiger partial charge in [-0.15, -0.1) is 0 Å². The number of carbonyl (C=O) groups excluding carboxylic acids is 2. The Morgan fingerprint density at radius 2 is 1.95 bits per heavy atom. The van der Waals surface area contributed by atoms with Gasteiger partial charge in [-0.05, 0) is 11.5 Å². The number of hydrogen-bond acceptors (Lipinski definition) is 2. The quantitative estimate of drug-likeness (QED) is 0.825. The van der Waals surface area contributed by atoms with Crippen molar-refractivity contribution in [1.82, 2.24) is 10.2 Å². The smallest absolute Gasteiger partial charge is 0.324 e. The predicted octanol–water partition coefficient (Wildman–Crippen LogP) is 2.20. The zero-order valence-corrected chi connectivity index (χ0v) is 11.4. The molecule has 0 aromatic heterocycles. The Labute approximate surface area is 113 Å². The van der Waals surface area contributed by atoms with E-state index in [0.29, 0.717) is 18.9 Å². The molecule has 3 amide bonds. The van der Waals surface area contributed by atoms with E-state index in [0.717, 1.165) is 12.0 Å². The standard InChI is InChI=1S/C15H20N2O2/c1-3-11(2)10-17-14(18)13(16-15(17)19)9-12-7-5-4-6-8-12/h4-8,11,13H,3,9-10H2,1-2H3,(H,16,19)/t11-,13+/m0/s1. The maximum absolute atomic E-state index is 12.2. The SMILES string of the molecule is CC[C@H](C)CN1C(=O)N[C@H](Cc2ccccc2)C1=O. The van der Waals surface area contributed by atoms with Crippen molar-refractivity contribution >= 4 is 11.9 Å². The number of hydrogen-bond donors (Lipinski definition) is 1. The Bertz CT molecular complexity index is 458. The molecule has 0 spiro atoms. The molecule has 1 aliphatic rings. The van der Waals surface area contributed by atoms with Crippen LogP contribution in [0.2, 0.25) is 0 Å². The van der Waals surface area contributed by atoms with Crippen molar-refractivity contribution in [3.05, 3.63) is 35.9 Å². The summed E-state index contributed by atoms with van der Waals surface area (Å²) in [6, 6.07) is 9.08. The van der Waals surface area contributed by atoms with Crippen LogP contribution in [0.1, 0.15) is 25.8 Å². The van der Waals surface area contributed by atoms with Crippen LogP contribution < -0.4 is 5.32 Å². The summed E-state index contributed by atoms with van der Waals surface area (Å²) in [5.74, 6) is 0.235. The highest BCUT2D eigenvalue weighted by Crippen LogP contribution is 2.14. The third-order valence-electron chi connectivity index (χ3n) is 3.58. The number of imide groups is 1. The van der Waals surface area contributed by atoms with Gasteiger partial charge in [0.25, 0.3) is 5.91 Å². The largest absolute Gasteiger partial charge is 0.325 e. The van der Waals surface area contributed by atoms with Crippen molar-refractivity contribution in [2.45, 2.75) is 32.7 Å². The monoisotopic (exact) mass is 260 g/mol. The summed E-state index contributed by atoms with van der Waals surface area (Å²) in [6.07, 6.45) is 1.52. The first-order valence-electron chi connectivity index (χ1n) is 6.77. The van der Waals surface area contributed by atoms with E-state index >= 15 is 0 Å². The van der Waals surface area contributed by atoms with Gasteiger partial charge in [0.15, 0.2) is 0 Å². The number of carbonyl (C=O) groups is 2. The lowest BCUT2D eigenvalue weighted by atomic mass is 10.1. The molecular weight excluding hydrogens is 240 g/mol. The van der Waals surface area contributed by atoms with E-state index in [1.165, 1.54) is 4.90 Å². The predicted molar refractivity (Wildman–Crippen MR) is 73.6 cm³/mol. The molecular formula is C15H20N2O2. The molecule has 0 bridgehead atoms. The molecule has 0 unspecified atom stereocenters. The minimum atomic E-state index is -0.418. The Morgan fingerprint density at radius 1 is 1.26 bits per heavy atom. The molecule has 19 heavy (non-hydrogen) atoms. The van der Waals surface area contributed by atoms with Crippen LogP contribution in [0.4, 0.5) is 4.79 Å². The van der Waals surface area contributed by atoms with Crippen molar-refractivity contribution in [2.24, 2.45) is 5.92 Å². The van der Waals surface area contributed by atoms with E-state index in [9.17, 15) is 9.59 Å². The summed E-state index contributed by atoms with van der Waals surface area (Å²) < 4.78 is 0. The van der Waals surface area contributed by atoms with E-state index in [1.807, 2.05) is 37.3 Å². The zero-order chi connectivity index (χ0) is 13.8. The fourth-order valence-electron chi connectivity index (χ4n) is 2.18. The topological polar surface area (TPSA) is 49.4 Å². The molecule has 1 fully saturated rings. The number of urea groups is 1. The molecule has 102 valence electrons. The summed E-state index contributed by atoms with van der Waals surface area (Å²) in [5.41, 5.74) is 1.06. The highest BCUT2D eigenvalue weighted by atomic mass is 16.2. The van der Waals surface area contributed by atoms with E-state index in [1.54, 1.807) is 0 Å². The molecule has 4 nitrogen and oxygen atoms in total. The third-order valence-corrected chi connectivity index (χ3v) is 3.58. The van der Waals surface area contributed by atoms with E-state index in [4.69, 9.17) is 0 Å². The van der Waals surface area contributed by atoms with Gasteiger partial charge in [0.05, 0.1) is 0 Å². The molecule has 2 rings (SSSR count). The molecule has 1 saturated heterocycles. The normalized spacial score (nSPS) is 20.5. The summed E-state index contributed by atoms with van der Waals surface area (Å²) in [7, 11) is 0. The van der Waals surface area contributed by atoms with Gasteiger partial charge in [-0.3, -0.25) is 9.69 Å². The van der Waals surface area contributed by atoms with Crippen molar-refractivity contribution in [2.75, 3.05) is 6.54 Å². The average molecular weight is 260 g/mol. The van der Waals surface area contributed by atoms with E-state index in [-0.39, 0.29) is 11.9 Å². The Balaban J connectivity index is 2.02. The molecule has 1 heterocycles. The van der Waals surface area contributed by atoms with Crippen LogP contribution in [-0.2, 0) is 11.2 Å². The van der Waals surface area contributed by atoms with Gasteiger partial charge in [0, 0.05) is 13.0 Å². The van der Waals surface area contributed by atoms with Crippen LogP contribution in [0.3, 0.4) is 0 Å². The van der Waals surface area contributed by atoms with Gasteiger partial charge in [-0.25, -0.2) is 4.79 Å². The van der Waals surface area contributed by atoms with Crippen LogP contribution >= 0.6 is 0 Å². The summed E-state index contributed by atoms with van der Waals surface area (Å²) in [5, 5.41) is 2.77. The highest BCUT2D eigenvalue weighted by Gasteiger charge is 2.38. The van der Waals surface area contributed by atoms with Crippen LogP contribution in [0.5, 0.6) is 0 Å². The maximum atomic E-state index is 12.2. The van der Waals surface area contributed by atoms with Gasteiger partial charge < -0.3 is 5.32 Å². The van der Waals surface area contributed by atoms with Crippen molar-refractivity contribution in [3.63, 3.8) is 0 Å². The molecule has 1 N–H and O–H groups in total. The van der Waals surface area contributed by atoms with Gasteiger partial charge in [0.1, 0.15) is 6.04 Å². The lowest BCUT2D eigenvalue weighted by Crippen LogP contribution is -2.35. The number of nitrogens with zero attached hydrogens (tertiary/aromatic N) is 1. The second-order valence-electron chi connectivity index (χ2n) is 5.15. The number of nitrogens with one attached hydrogen (secondary N) is 1. The molecule has 2 atom stereocenters. The summed E-state index contributed by atoms with van der Waals surface area (Å²) in [4.78, 5) is 25.4. The van der Waals surface area contributed by atoms with Crippen molar-refractivity contribution in [3.8, 4) is 0 Å². The van der Waals surface area contributed by atoms with Crippen LogP contribution in [-0.4, -0.2) is 29.4 Å². The Morgan fingerprint density at radius 3 is 2.58 bits per heavy atom. The van der Waals surface area contributed by atoms with Gasteiger partial charge in [-0.2, -0.15) is 0 Å². The van der Waals surface area contributed by atoms with Crippen LogP contribution in [0, 0.1) is 5.92 Å². The summed E-state index contributed by atoms with van der Waals surface area (Å²) >= 11 is 0. The number of benzene rings is 1. The second-order valence-corrected chi connectivity index (χ2v) is 5.15. The van der Waals surface area contributed by atoms with Crippen LogP contribution in [0.15, 0.2) is 30.3 Å². The first kappa shape index (κ1) is 13.6. The number of amides is 3. The average Bonchev–Trinajstić information content (AvgIpc) is 2.67. The lowest BCUT2D eigenvalue weighted by molar-refractivity contribution is -0.127. The van der Waals surface area contributed by atoms with Gasteiger partial charge in [-0.1, -0.05) is 50.6 Å². The van der Waals surface area contributed by atoms with Gasteiger partial charge >= 0.3 is 6.03 Å². The second kappa shape index (κ2) is 5.87. The van der Waals surface area contributed by atoms with Crippen LogP contribution in [0.25, 0.3) is 0 Å². The van der Waals surface area contributed by atoms with Crippen molar-refractivity contribution in [1.29, 1.82) is 0 Å². The van der Waals surface area contributed by atoms with E-state index in [2.05, 4.69) is 12.2 Å². The third kappa shape index (κ3) is 3.13. The molecule has 4 heteroatoms. The zero-order valence-electron chi connectivity index (χ0n) is 11.4. The van der Waals surface area contributed by atoms with Gasteiger partial charge in [0.2, 0.25) is 0 Å². The highest BCUT2D eigenvalue weighted by molar-refractivity contribution is 6.04. The molecule has 0 radical (unpaired) electrons. The maximum Gasteiger partial charge on any atom is 0.324 e. The minimum absolute atomic E-state index is 0.103. The molecule has 1 aromatic rings. The Hall–Kier alpha value is -1.84.